The second-order valence-electron chi connectivity index (χ2n) is 4.81. The zero-order chi connectivity index (χ0) is 12.1. The van der Waals surface area contributed by atoms with Crippen LogP contribution >= 0.6 is 0 Å². The minimum absolute atomic E-state index is 0.576. The number of hydrogen-bond donors (Lipinski definition) is 0. The Hall–Kier alpha value is -1.08. The Balaban J connectivity index is 2.80. The lowest BCUT2D eigenvalue weighted by molar-refractivity contribution is 0.166. The van der Waals surface area contributed by atoms with E-state index in [0.717, 1.165) is 6.54 Å². The van der Waals surface area contributed by atoms with Crippen molar-refractivity contribution in [3.05, 3.63) is 42.0 Å². The molecule has 0 amide bonds. The molecule has 1 nitrogen and oxygen atoms in total. The third-order valence-electron chi connectivity index (χ3n) is 2.88. The summed E-state index contributed by atoms with van der Waals surface area (Å²) in [6, 6.07) is 9.74. The van der Waals surface area contributed by atoms with Crippen molar-refractivity contribution < 1.29 is 0 Å². The Kier molecular flexibility index (Phi) is 4.75. The highest BCUT2D eigenvalue weighted by Crippen LogP contribution is 2.13. The molecule has 0 saturated carbocycles. The normalized spacial score (nSPS) is 11.4. The van der Waals surface area contributed by atoms with Crippen LogP contribution in [0.15, 0.2) is 30.8 Å². The molecular weight excluding hydrogens is 194 g/mol. The average Bonchev–Trinajstić information content (AvgIpc) is 2.25. The van der Waals surface area contributed by atoms with Gasteiger partial charge in [-0.25, -0.2) is 0 Å². The van der Waals surface area contributed by atoms with Crippen molar-refractivity contribution in [3.63, 3.8) is 0 Å². The highest BCUT2D eigenvalue weighted by atomic mass is 15.2. The molecule has 0 spiro atoms. The summed E-state index contributed by atoms with van der Waals surface area (Å²) in [4.78, 5) is 2.49. The summed E-state index contributed by atoms with van der Waals surface area (Å²) in [7, 11) is 0. The lowest BCUT2D eigenvalue weighted by Crippen LogP contribution is -2.36. The van der Waals surface area contributed by atoms with Crippen LogP contribution in [0.5, 0.6) is 0 Å². The first-order chi connectivity index (χ1) is 7.54. The molecule has 1 aromatic rings. The summed E-state index contributed by atoms with van der Waals surface area (Å²) in [5, 5.41) is 0. The lowest BCUT2D eigenvalue weighted by Gasteiger charge is -2.30. The standard InChI is InChI=1S/C15H23N/c1-6-14-8-7-9-15(10-14)11-16(12(2)3)13(4)5/h6-10,12-13H,1,11H2,2-5H3. The van der Waals surface area contributed by atoms with Crippen molar-refractivity contribution in [2.75, 3.05) is 0 Å². The van der Waals surface area contributed by atoms with E-state index in [1.54, 1.807) is 0 Å². The molecule has 0 aromatic heterocycles. The van der Waals surface area contributed by atoms with E-state index in [1.165, 1.54) is 11.1 Å². The molecule has 0 fully saturated rings. The highest BCUT2D eigenvalue weighted by molar-refractivity contribution is 5.47. The molecule has 0 aliphatic heterocycles. The first-order valence-corrected chi connectivity index (χ1v) is 6.01. The second kappa shape index (κ2) is 5.86. The van der Waals surface area contributed by atoms with Crippen molar-refractivity contribution in [2.45, 2.75) is 46.3 Å². The molecule has 0 aliphatic rings. The van der Waals surface area contributed by atoms with Gasteiger partial charge in [0.25, 0.3) is 0 Å². The van der Waals surface area contributed by atoms with Crippen LogP contribution < -0.4 is 0 Å². The monoisotopic (exact) mass is 217 g/mol. The van der Waals surface area contributed by atoms with Crippen molar-refractivity contribution in [1.82, 2.24) is 4.90 Å². The van der Waals surface area contributed by atoms with E-state index >= 15 is 0 Å². The summed E-state index contributed by atoms with van der Waals surface area (Å²) < 4.78 is 0. The molecule has 0 bridgehead atoms. The molecular formula is C15H23N. The maximum Gasteiger partial charge on any atom is 0.0239 e. The molecule has 16 heavy (non-hydrogen) atoms. The van der Waals surface area contributed by atoms with Crippen molar-refractivity contribution >= 4 is 6.08 Å². The van der Waals surface area contributed by atoms with E-state index in [1.807, 2.05) is 6.08 Å². The topological polar surface area (TPSA) is 3.24 Å². The highest BCUT2D eigenvalue weighted by Gasteiger charge is 2.13. The van der Waals surface area contributed by atoms with Crippen LogP contribution in [0.2, 0.25) is 0 Å². The fourth-order valence-electron chi connectivity index (χ4n) is 1.99. The smallest absolute Gasteiger partial charge is 0.0239 e. The van der Waals surface area contributed by atoms with Gasteiger partial charge in [-0.05, 0) is 38.8 Å². The van der Waals surface area contributed by atoms with Gasteiger partial charge in [-0.2, -0.15) is 0 Å². The van der Waals surface area contributed by atoms with Gasteiger partial charge in [0.05, 0.1) is 0 Å². The molecule has 1 heteroatoms. The van der Waals surface area contributed by atoms with Crippen LogP contribution in [0.3, 0.4) is 0 Å². The zero-order valence-electron chi connectivity index (χ0n) is 10.9. The molecule has 0 heterocycles. The molecule has 0 atom stereocenters. The van der Waals surface area contributed by atoms with Gasteiger partial charge < -0.3 is 0 Å². The van der Waals surface area contributed by atoms with Gasteiger partial charge in [0, 0.05) is 18.6 Å². The number of rotatable bonds is 5. The molecule has 88 valence electrons. The third-order valence-corrected chi connectivity index (χ3v) is 2.88. The van der Waals surface area contributed by atoms with Gasteiger partial charge in [-0.15, -0.1) is 0 Å². The van der Waals surface area contributed by atoms with Crippen LogP contribution in [0.4, 0.5) is 0 Å². The second-order valence-corrected chi connectivity index (χ2v) is 4.81. The minimum Gasteiger partial charge on any atom is -0.294 e. The first kappa shape index (κ1) is 13.0. The van der Waals surface area contributed by atoms with E-state index in [0.29, 0.717) is 12.1 Å². The summed E-state index contributed by atoms with van der Waals surface area (Å²) in [5.41, 5.74) is 2.56. The van der Waals surface area contributed by atoms with Crippen molar-refractivity contribution in [1.29, 1.82) is 0 Å². The van der Waals surface area contributed by atoms with Crippen LogP contribution in [0, 0.1) is 0 Å². The minimum atomic E-state index is 0.576. The number of benzene rings is 1. The van der Waals surface area contributed by atoms with E-state index in [-0.39, 0.29) is 0 Å². The molecule has 1 aromatic carbocycles. The lowest BCUT2D eigenvalue weighted by atomic mass is 10.1. The summed E-state index contributed by atoms with van der Waals surface area (Å²) in [6.07, 6.45) is 1.90. The molecule has 0 aliphatic carbocycles. The van der Waals surface area contributed by atoms with Gasteiger partial charge in [0.15, 0.2) is 0 Å². The predicted molar refractivity (Wildman–Crippen MR) is 72.3 cm³/mol. The van der Waals surface area contributed by atoms with Crippen molar-refractivity contribution in [2.24, 2.45) is 0 Å². The summed E-state index contributed by atoms with van der Waals surface area (Å²) >= 11 is 0. The molecule has 0 N–H and O–H groups in total. The first-order valence-electron chi connectivity index (χ1n) is 6.01. The van der Waals surface area contributed by atoms with Gasteiger partial charge in [0.2, 0.25) is 0 Å². The van der Waals surface area contributed by atoms with E-state index in [9.17, 15) is 0 Å². The quantitative estimate of drug-likeness (QED) is 0.722. The zero-order valence-corrected chi connectivity index (χ0v) is 10.9. The number of hydrogen-bond acceptors (Lipinski definition) is 1. The van der Waals surface area contributed by atoms with Gasteiger partial charge >= 0.3 is 0 Å². The predicted octanol–water partition coefficient (Wildman–Crippen LogP) is 3.95. The maximum absolute atomic E-state index is 3.81. The van der Waals surface area contributed by atoms with E-state index in [4.69, 9.17) is 0 Å². The molecule has 0 saturated heterocycles. The van der Waals surface area contributed by atoms with E-state index in [2.05, 4.69) is 63.4 Å². The van der Waals surface area contributed by atoms with Crippen molar-refractivity contribution in [3.8, 4) is 0 Å². The average molecular weight is 217 g/mol. The van der Waals surface area contributed by atoms with Crippen LogP contribution in [-0.4, -0.2) is 17.0 Å². The fraction of sp³-hybridized carbons (Fsp3) is 0.467. The Bertz CT molecular complexity index is 331. The molecule has 0 radical (unpaired) electrons. The fourth-order valence-corrected chi connectivity index (χ4v) is 1.99. The maximum atomic E-state index is 3.81. The van der Waals surface area contributed by atoms with Gasteiger partial charge in [-0.1, -0.05) is 36.9 Å². The Labute approximate surface area is 99.8 Å². The van der Waals surface area contributed by atoms with Crippen LogP contribution in [-0.2, 0) is 6.54 Å². The van der Waals surface area contributed by atoms with Crippen LogP contribution in [0.1, 0.15) is 38.8 Å². The van der Waals surface area contributed by atoms with Crippen LogP contribution in [0.25, 0.3) is 6.08 Å². The van der Waals surface area contributed by atoms with E-state index < -0.39 is 0 Å². The molecule has 1 rings (SSSR count). The van der Waals surface area contributed by atoms with Gasteiger partial charge in [-0.3, -0.25) is 4.90 Å². The Morgan fingerprint density at radius 1 is 1.19 bits per heavy atom. The third kappa shape index (κ3) is 3.49. The summed E-state index contributed by atoms with van der Waals surface area (Å²) in [6.45, 7) is 13.8. The van der Waals surface area contributed by atoms with Gasteiger partial charge in [0.1, 0.15) is 0 Å². The Morgan fingerprint density at radius 2 is 1.81 bits per heavy atom. The Morgan fingerprint density at radius 3 is 2.31 bits per heavy atom. The largest absolute Gasteiger partial charge is 0.294 e. The molecule has 0 unspecified atom stereocenters. The number of nitrogens with zero attached hydrogens (tertiary/aromatic N) is 1. The summed E-state index contributed by atoms with van der Waals surface area (Å²) in [5.74, 6) is 0. The SMILES string of the molecule is C=Cc1cccc(CN(C(C)C)C(C)C)c1.